The van der Waals surface area contributed by atoms with Gasteiger partial charge in [-0.05, 0) is 61.7 Å². The number of nitrogens with zero attached hydrogens (tertiary/aromatic N) is 3. The molecule has 0 radical (unpaired) electrons. The number of aliphatic hydroxyl groups is 1. The van der Waals surface area contributed by atoms with E-state index in [1.54, 1.807) is 28.8 Å². The largest absolute Gasteiger partial charge is 0.494 e. The van der Waals surface area contributed by atoms with E-state index in [1.807, 2.05) is 6.92 Å². The van der Waals surface area contributed by atoms with Crippen molar-refractivity contribution in [2.45, 2.75) is 44.8 Å². The van der Waals surface area contributed by atoms with Crippen LogP contribution >= 0.6 is 0 Å². The van der Waals surface area contributed by atoms with Crippen molar-refractivity contribution in [3.8, 4) is 17.0 Å². The first-order valence-electron chi connectivity index (χ1n) is 14.6. The molecule has 2 aromatic carbocycles. The third kappa shape index (κ3) is 7.90. The number of aromatic nitrogens is 3. The monoisotopic (exact) mass is 624 g/mol. The van der Waals surface area contributed by atoms with Gasteiger partial charge in [-0.25, -0.2) is 14.4 Å². The van der Waals surface area contributed by atoms with Gasteiger partial charge in [0.05, 0.1) is 31.1 Å². The van der Waals surface area contributed by atoms with E-state index in [9.17, 15) is 23.5 Å². The van der Waals surface area contributed by atoms with E-state index >= 15 is 0 Å². The molecular weight excluding hydrogens is 586 g/mol. The lowest BCUT2D eigenvalue weighted by Gasteiger charge is -2.17. The number of carbonyl (C=O) groups is 2. The maximum Gasteiger partial charge on any atom is 0.251 e. The molecule has 14 heteroatoms. The molecule has 4 rings (SSSR count). The van der Waals surface area contributed by atoms with E-state index < -0.39 is 23.8 Å². The van der Waals surface area contributed by atoms with Crippen LogP contribution in [0.2, 0.25) is 0 Å². The van der Waals surface area contributed by atoms with Crippen molar-refractivity contribution in [2.24, 2.45) is 11.5 Å². The fourth-order valence-corrected chi connectivity index (χ4v) is 4.78. The van der Waals surface area contributed by atoms with Crippen LogP contribution in [0.15, 0.2) is 48.9 Å². The first-order chi connectivity index (χ1) is 21.7. The van der Waals surface area contributed by atoms with Gasteiger partial charge in [0.25, 0.3) is 5.91 Å². The number of imidazole rings is 1. The van der Waals surface area contributed by atoms with Gasteiger partial charge in [-0.1, -0.05) is 13.3 Å². The average molecular weight is 625 g/mol. The molecule has 240 valence electrons. The van der Waals surface area contributed by atoms with Gasteiger partial charge in [-0.15, -0.1) is 0 Å². The van der Waals surface area contributed by atoms with Gasteiger partial charge in [0.1, 0.15) is 0 Å². The summed E-state index contributed by atoms with van der Waals surface area (Å²) in [4.78, 5) is 33.8. The van der Waals surface area contributed by atoms with Gasteiger partial charge < -0.3 is 37.3 Å². The van der Waals surface area contributed by atoms with Crippen molar-refractivity contribution in [1.29, 1.82) is 0 Å². The average Bonchev–Trinajstić information content (AvgIpc) is 3.48. The van der Waals surface area contributed by atoms with E-state index in [2.05, 4.69) is 25.9 Å². The summed E-state index contributed by atoms with van der Waals surface area (Å²) in [5.41, 5.74) is 13.8. The third-order valence-electron chi connectivity index (χ3n) is 7.28. The van der Waals surface area contributed by atoms with Gasteiger partial charge in [-0.2, -0.15) is 4.39 Å². The Bertz CT molecular complexity index is 1650. The van der Waals surface area contributed by atoms with Crippen molar-refractivity contribution in [2.75, 3.05) is 32.1 Å². The van der Waals surface area contributed by atoms with Gasteiger partial charge in [0, 0.05) is 42.3 Å². The van der Waals surface area contributed by atoms with Gasteiger partial charge in [-0.3, -0.25) is 14.0 Å². The van der Waals surface area contributed by atoms with Crippen LogP contribution in [-0.4, -0.2) is 70.2 Å². The molecule has 2 amide bonds. The Morgan fingerprint density at radius 1 is 1.09 bits per heavy atom. The van der Waals surface area contributed by atoms with Crippen LogP contribution in [0.3, 0.4) is 0 Å². The number of hydrogen-bond donors (Lipinski definition) is 6. The highest BCUT2D eigenvalue weighted by Crippen LogP contribution is 2.31. The molecule has 0 aliphatic rings. The van der Waals surface area contributed by atoms with Crippen LogP contribution in [0.1, 0.15) is 42.1 Å². The van der Waals surface area contributed by atoms with E-state index in [-0.39, 0.29) is 36.2 Å². The second-order valence-electron chi connectivity index (χ2n) is 10.4. The number of aliphatic hydroxyl groups excluding tert-OH is 1. The standard InChI is InChI=1S/C31H38F2N8O4/c1-3-18-14-19(7-8-21(18)30(43)38-15-20(42)16-39-31(44)23(35)6-4-5-11-34)40-28-29-37-17-24(41(29)13-12-36-28)22-9-10-25(45-2)27(33)26(22)32/h7-10,12-14,17,20,23,42H,3-6,11,15-16,34-35H2,1-2H3,(H,36,40)(H,38,43)(H,39,44)/t20?,23-/m1/s1. The first kappa shape index (κ1) is 33.2. The number of rotatable bonds is 15. The molecule has 45 heavy (non-hydrogen) atoms. The van der Waals surface area contributed by atoms with E-state index in [0.29, 0.717) is 47.8 Å². The number of ether oxygens (including phenoxy) is 1. The van der Waals surface area contributed by atoms with Crippen molar-refractivity contribution >= 4 is 29.0 Å². The van der Waals surface area contributed by atoms with Crippen LogP contribution in [0.5, 0.6) is 5.75 Å². The van der Waals surface area contributed by atoms with Crippen molar-refractivity contribution in [3.05, 3.63) is 71.7 Å². The number of nitrogens with two attached hydrogens (primary N) is 2. The molecule has 0 spiro atoms. The van der Waals surface area contributed by atoms with Crippen LogP contribution in [0.25, 0.3) is 16.9 Å². The lowest BCUT2D eigenvalue weighted by molar-refractivity contribution is -0.122. The predicted octanol–water partition coefficient (Wildman–Crippen LogP) is 2.65. The Balaban J connectivity index is 1.41. The number of fused-ring (bicyclic) bond motifs is 1. The van der Waals surface area contributed by atoms with E-state index in [0.717, 1.165) is 18.4 Å². The Hall–Kier alpha value is -4.66. The molecule has 8 N–H and O–H groups in total. The predicted molar refractivity (Wildman–Crippen MR) is 166 cm³/mol. The smallest absolute Gasteiger partial charge is 0.251 e. The molecule has 2 heterocycles. The molecule has 0 saturated heterocycles. The highest BCUT2D eigenvalue weighted by atomic mass is 19.2. The Morgan fingerprint density at radius 2 is 1.87 bits per heavy atom. The van der Waals surface area contributed by atoms with Crippen molar-refractivity contribution < 1.29 is 28.2 Å². The summed E-state index contributed by atoms with van der Waals surface area (Å²) in [6.45, 7) is 2.31. The zero-order valence-corrected chi connectivity index (χ0v) is 25.1. The van der Waals surface area contributed by atoms with Gasteiger partial charge >= 0.3 is 0 Å². The van der Waals surface area contributed by atoms with E-state index in [1.165, 1.54) is 31.6 Å². The molecule has 0 fully saturated rings. The molecule has 4 aromatic rings. The summed E-state index contributed by atoms with van der Waals surface area (Å²) in [6, 6.07) is 7.23. The second kappa shape index (κ2) is 15.4. The number of hydrogen-bond acceptors (Lipinski definition) is 9. The Kier molecular flexibility index (Phi) is 11.4. The zero-order valence-electron chi connectivity index (χ0n) is 25.1. The van der Waals surface area contributed by atoms with E-state index in [4.69, 9.17) is 16.2 Å². The van der Waals surface area contributed by atoms with Gasteiger partial charge in [0.2, 0.25) is 11.7 Å². The molecule has 2 atom stereocenters. The molecule has 1 unspecified atom stereocenters. The molecule has 12 nitrogen and oxygen atoms in total. The molecule has 0 bridgehead atoms. The summed E-state index contributed by atoms with van der Waals surface area (Å²) >= 11 is 0. The summed E-state index contributed by atoms with van der Waals surface area (Å²) in [5.74, 6) is -2.74. The van der Waals surface area contributed by atoms with Crippen LogP contribution in [-0.2, 0) is 11.2 Å². The Labute approximate surface area is 259 Å². The quantitative estimate of drug-likeness (QED) is 0.108. The summed E-state index contributed by atoms with van der Waals surface area (Å²) in [7, 11) is 1.26. The molecule has 0 aliphatic heterocycles. The summed E-state index contributed by atoms with van der Waals surface area (Å²) in [6.07, 6.45) is 6.07. The highest BCUT2D eigenvalue weighted by molar-refractivity contribution is 5.96. The minimum atomic E-state index is -1.09. The second-order valence-corrected chi connectivity index (χ2v) is 10.4. The number of methoxy groups -OCH3 is 1. The number of nitrogens with one attached hydrogen (secondary N) is 3. The maximum atomic E-state index is 14.8. The number of benzene rings is 2. The number of amides is 2. The van der Waals surface area contributed by atoms with Crippen LogP contribution < -0.4 is 32.2 Å². The molecular formula is C31H38F2N8O4. The number of halogens is 2. The van der Waals surface area contributed by atoms with Crippen LogP contribution in [0, 0.1) is 11.6 Å². The number of aryl methyl sites for hydroxylation is 1. The fraction of sp³-hybridized carbons (Fsp3) is 0.355. The maximum absolute atomic E-state index is 14.8. The summed E-state index contributed by atoms with van der Waals surface area (Å²) in [5, 5.41) is 18.8. The van der Waals surface area contributed by atoms with Gasteiger partial charge in [0.15, 0.2) is 23.0 Å². The summed E-state index contributed by atoms with van der Waals surface area (Å²) < 4.78 is 35.7. The van der Waals surface area contributed by atoms with Crippen molar-refractivity contribution in [1.82, 2.24) is 25.0 Å². The SMILES string of the molecule is CCc1cc(Nc2nccn3c(-c4ccc(OC)c(F)c4F)cnc23)ccc1C(=O)NCC(O)CNC(=O)[C@H](N)CCCCN. The number of anilines is 2. The van der Waals surface area contributed by atoms with Crippen molar-refractivity contribution in [3.63, 3.8) is 0 Å². The molecule has 2 aromatic heterocycles. The molecule has 0 saturated carbocycles. The first-order valence-corrected chi connectivity index (χ1v) is 14.6. The molecule has 0 aliphatic carbocycles. The minimum Gasteiger partial charge on any atom is -0.494 e. The minimum absolute atomic E-state index is 0.0102. The third-order valence-corrected chi connectivity index (χ3v) is 7.28. The Morgan fingerprint density at radius 3 is 2.60 bits per heavy atom. The number of carbonyl (C=O) groups excluding carboxylic acids is 2. The highest BCUT2D eigenvalue weighted by Gasteiger charge is 2.20. The fourth-order valence-electron chi connectivity index (χ4n) is 4.78. The lowest BCUT2D eigenvalue weighted by atomic mass is 10.0. The normalized spacial score (nSPS) is 12.5. The van der Waals surface area contributed by atoms with Crippen LogP contribution in [0.4, 0.5) is 20.3 Å². The number of unbranched alkanes of at least 4 members (excludes halogenated alkanes) is 1. The lowest BCUT2D eigenvalue weighted by Crippen LogP contribution is -2.45. The zero-order chi connectivity index (χ0) is 32.5. The topological polar surface area (TPSA) is 182 Å².